The summed E-state index contributed by atoms with van der Waals surface area (Å²) in [6, 6.07) is 7.31. The third kappa shape index (κ3) is 2.21. The Morgan fingerprint density at radius 1 is 0.744 bits per heavy atom. The van der Waals surface area contributed by atoms with Gasteiger partial charge in [-0.1, -0.05) is 19.9 Å². The zero-order valence-electron chi connectivity index (χ0n) is 24.2. The van der Waals surface area contributed by atoms with Gasteiger partial charge in [-0.3, -0.25) is 9.59 Å². The van der Waals surface area contributed by atoms with Crippen LogP contribution in [0, 0.1) is 81.8 Å². The second-order valence-corrected chi connectivity index (χ2v) is 15.5. The Kier molecular flexibility index (Phi) is 4.27. The first-order valence-corrected chi connectivity index (χ1v) is 15.7. The van der Waals surface area contributed by atoms with E-state index in [2.05, 4.69) is 51.0 Å². The first-order valence-electron chi connectivity index (χ1n) is 15.7. The molecule has 6 bridgehead atoms. The number of benzene rings is 1. The number of nitrogens with zero attached hydrogens (tertiary/aromatic N) is 1. The van der Waals surface area contributed by atoms with Crippen LogP contribution < -0.4 is 4.90 Å². The molecule has 0 heterocycles. The van der Waals surface area contributed by atoms with Gasteiger partial charge in [0.2, 0.25) is 0 Å². The van der Waals surface area contributed by atoms with Crippen molar-refractivity contribution in [3.8, 4) is 0 Å². The highest BCUT2D eigenvalue weighted by molar-refractivity contribution is 5.83. The van der Waals surface area contributed by atoms with Crippen LogP contribution in [0.15, 0.2) is 18.2 Å². The molecule has 8 fully saturated rings. The van der Waals surface area contributed by atoms with Gasteiger partial charge in [0.1, 0.15) is 0 Å². The van der Waals surface area contributed by atoms with Crippen molar-refractivity contribution in [3.63, 3.8) is 0 Å². The summed E-state index contributed by atoms with van der Waals surface area (Å²) in [5.41, 5.74) is 5.48. The number of carbonyl (C=O) groups excluding carboxylic acids is 2. The molecule has 0 radical (unpaired) electrons. The quantitative estimate of drug-likeness (QED) is 0.391. The highest BCUT2D eigenvalue weighted by Crippen LogP contribution is 2.95. The molecule has 10 rings (SSSR count). The van der Waals surface area contributed by atoms with E-state index in [-0.39, 0.29) is 35.6 Å². The summed E-state index contributed by atoms with van der Waals surface area (Å²) < 4.78 is 10.7. The van der Waals surface area contributed by atoms with Gasteiger partial charge < -0.3 is 14.4 Å². The van der Waals surface area contributed by atoms with Gasteiger partial charge >= 0.3 is 11.9 Å². The van der Waals surface area contributed by atoms with Crippen LogP contribution in [0.4, 0.5) is 5.69 Å². The van der Waals surface area contributed by atoms with Crippen molar-refractivity contribution in [2.75, 3.05) is 33.2 Å². The third-order valence-corrected chi connectivity index (χ3v) is 15.4. The van der Waals surface area contributed by atoms with Gasteiger partial charge in [0.15, 0.2) is 0 Å². The summed E-state index contributed by atoms with van der Waals surface area (Å²) in [5, 5.41) is 0. The molecule has 9 aliphatic carbocycles. The summed E-state index contributed by atoms with van der Waals surface area (Å²) in [6.07, 6.45) is 4.84. The van der Waals surface area contributed by atoms with Crippen molar-refractivity contribution in [1.82, 2.24) is 0 Å². The Labute approximate surface area is 232 Å². The minimum atomic E-state index is -0.313. The van der Waals surface area contributed by atoms with E-state index >= 15 is 0 Å². The molecule has 208 valence electrons. The maximum Gasteiger partial charge on any atom is 0.309 e. The number of anilines is 1. The van der Waals surface area contributed by atoms with E-state index in [1.54, 1.807) is 11.1 Å². The van der Waals surface area contributed by atoms with Crippen molar-refractivity contribution < 1.29 is 19.1 Å². The Balaban J connectivity index is 1.11. The number of esters is 2. The van der Waals surface area contributed by atoms with Crippen LogP contribution in [0.3, 0.4) is 0 Å². The minimum Gasteiger partial charge on any atom is -0.469 e. The summed E-state index contributed by atoms with van der Waals surface area (Å²) in [4.78, 5) is 28.6. The first kappa shape index (κ1) is 23.6. The molecular weight excluding hydrogens is 486 g/mol. The minimum absolute atomic E-state index is 0.173. The van der Waals surface area contributed by atoms with Gasteiger partial charge in [0.25, 0.3) is 0 Å². The van der Waals surface area contributed by atoms with E-state index in [4.69, 9.17) is 9.47 Å². The van der Waals surface area contributed by atoms with E-state index in [9.17, 15) is 9.59 Å². The van der Waals surface area contributed by atoms with Crippen molar-refractivity contribution >= 4 is 17.6 Å². The standard InChI is InChI=1S/C34H43NO4/c1-33-27-19-12-20(18-11-14(35(3)4)7-8-15(18)19)28(27)34(33,2)30-22-13-21(29(30)33)23-16-9-10-17(24(22)23)26(32(37)39-6)25(16)31(36)38-5/h7-8,11,16-17,19-30H,9-10,12-13H2,1-6H3/t16-,17+,19-,20+,21+,22-,23-,24+,25-,26-,27-,28+,29+,30-,33-,34+/m1/s1. The maximum absolute atomic E-state index is 13.2. The van der Waals surface area contributed by atoms with Crippen LogP contribution >= 0.6 is 0 Å². The lowest BCUT2D eigenvalue weighted by molar-refractivity contribution is -0.377. The summed E-state index contributed by atoms with van der Waals surface area (Å²) >= 11 is 0. The molecule has 9 aliphatic rings. The van der Waals surface area contributed by atoms with E-state index in [0.29, 0.717) is 28.6 Å². The molecule has 0 unspecified atom stereocenters. The van der Waals surface area contributed by atoms with Crippen LogP contribution in [-0.2, 0) is 19.1 Å². The molecule has 16 atom stereocenters. The van der Waals surface area contributed by atoms with E-state index in [1.165, 1.54) is 32.7 Å². The SMILES string of the molecule is COC(=O)[C@@H]1[C@H]2CC[C@@H]([C@H]1C(=O)OC)[C@@H]1[C@@H]3C[C@H]([C@H]21)[C@@H]1[C@H]3[C@@]2(C)[C@H]3[C@H]([C@H]4C[C@@H]3c3ccc(N(C)C)cc34)[C@@]12C. The molecule has 39 heavy (non-hydrogen) atoms. The molecule has 0 spiro atoms. The van der Waals surface area contributed by atoms with Crippen LogP contribution in [0.5, 0.6) is 0 Å². The molecular formula is C34H43NO4. The van der Waals surface area contributed by atoms with Crippen LogP contribution in [0.1, 0.15) is 62.5 Å². The molecule has 0 amide bonds. The zero-order valence-corrected chi connectivity index (χ0v) is 24.2. The maximum atomic E-state index is 13.2. The van der Waals surface area contributed by atoms with Crippen LogP contribution in [-0.4, -0.2) is 40.3 Å². The molecule has 8 saturated carbocycles. The molecule has 0 aromatic heterocycles. The average molecular weight is 530 g/mol. The smallest absolute Gasteiger partial charge is 0.309 e. The lowest BCUT2D eigenvalue weighted by Gasteiger charge is -2.85. The van der Waals surface area contributed by atoms with Crippen LogP contribution in [0.2, 0.25) is 0 Å². The number of carbonyl (C=O) groups is 2. The van der Waals surface area contributed by atoms with Gasteiger partial charge in [-0.25, -0.2) is 0 Å². The molecule has 5 heteroatoms. The second-order valence-electron chi connectivity index (χ2n) is 15.5. The fraction of sp³-hybridized carbons (Fsp3) is 0.765. The monoisotopic (exact) mass is 529 g/mol. The van der Waals surface area contributed by atoms with Crippen molar-refractivity contribution in [3.05, 3.63) is 29.3 Å². The highest BCUT2D eigenvalue weighted by atomic mass is 16.5. The fourth-order valence-corrected chi connectivity index (χ4v) is 14.9. The molecule has 0 N–H and O–H groups in total. The number of hydrogen-bond donors (Lipinski definition) is 0. The number of rotatable bonds is 3. The highest BCUT2D eigenvalue weighted by Gasteiger charge is 2.90. The predicted molar refractivity (Wildman–Crippen MR) is 147 cm³/mol. The van der Waals surface area contributed by atoms with Crippen LogP contribution in [0.25, 0.3) is 0 Å². The lowest BCUT2D eigenvalue weighted by Crippen LogP contribution is -2.82. The molecule has 1 aromatic rings. The number of hydrogen-bond acceptors (Lipinski definition) is 5. The number of fused-ring (bicyclic) bond motifs is 20. The van der Waals surface area contributed by atoms with Crippen molar-refractivity contribution in [2.24, 2.45) is 81.8 Å². The Hall–Kier alpha value is -2.04. The second kappa shape index (κ2) is 7.05. The van der Waals surface area contributed by atoms with Crippen molar-refractivity contribution in [1.29, 1.82) is 0 Å². The predicted octanol–water partition coefficient (Wildman–Crippen LogP) is 5.34. The normalized spacial score (nSPS) is 55.4. The van der Waals surface area contributed by atoms with Gasteiger partial charge in [0.05, 0.1) is 26.1 Å². The van der Waals surface area contributed by atoms with Crippen molar-refractivity contribution in [2.45, 2.75) is 51.4 Å². The molecule has 5 nitrogen and oxygen atoms in total. The van der Waals surface area contributed by atoms with E-state index < -0.39 is 0 Å². The number of ether oxygens (including phenoxy) is 2. The lowest BCUT2D eigenvalue weighted by atomic mass is 9.18. The summed E-state index contributed by atoms with van der Waals surface area (Å²) in [7, 11) is 7.31. The Morgan fingerprint density at radius 2 is 1.26 bits per heavy atom. The summed E-state index contributed by atoms with van der Waals surface area (Å²) in [5.74, 6) is 6.89. The summed E-state index contributed by atoms with van der Waals surface area (Å²) in [6.45, 7) is 5.38. The molecule has 1 aromatic carbocycles. The zero-order chi connectivity index (χ0) is 26.9. The number of methoxy groups -OCH3 is 2. The Bertz CT molecular complexity index is 1320. The fourth-order valence-electron chi connectivity index (χ4n) is 14.9. The van der Waals surface area contributed by atoms with E-state index in [0.717, 1.165) is 54.3 Å². The van der Waals surface area contributed by atoms with E-state index in [1.807, 2.05) is 0 Å². The molecule has 0 saturated heterocycles. The third-order valence-electron chi connectivity index (χ3n) is 15.4. The van der Waals surface area contributed by atoms with Gasteiger partial charge in [-0.05, 0) is 131 Å². The molecule has 0 aliphatic heterocycles. The average Bonchev–Trinajstić information content (AvgIpc) is 3.72. The van der Waals surface area contributed by atoms with Gasteiger partial charge in [-0.2, -0.15) is 0 Å². The van der Waals surface area contributed by atoms with Gasteiger partial charge in [0, 0.05) is 19.8 Å². The van der Waals surface area contributed by atoms with Gasteiger partial charge in [-0.15, -0.1) is 0 Å². The largest absolute Gasteiger partial charge is 0.469 e. The topological polar surface area (TPSA) is 55.8 Å². The first-order chi connectivity index (χ1) is 18.7. The Morgan fingerprint density at radius 3 is 1.74 bits per heavy atom.